The van der Waals surface area contributed by atoms with Crippen LogP contribution in [0.25, 0.3) is 0 Å². The van der Waals surface area contributed by atoms with Crippen LogP contribution in [0.15, 0.2) is 30.3 Å². The van der Waals surface area contributed by atoms with Crippen molar-refractivity contribution in [1.29, 1.82) is 0 Å². The van der Waals surface area contributed by atoms with Crippen molar-refractivity contribution in [1.82, 2.24) is 9.78 Å². The Bertz CT molecular complexity index is 497. The van der Waals surface area contributed by atoms with Crippen molar-refractivity contribution in [2.24, 2.45) is 0 Å². The molecule has 2 nitrogen and oxygen atoms in total. The quantitative estimate of drug-likeness (QED) is 0.802. The van der Waals surface area contributed by atoms with Crippen LogP contribution in [0.3, 0.4) is 0 Å². The Morgan fingerprint density at radius 2 is 1.88 bits per heavy atom. The van der Waals surface area contributed by atoms with Crippen LogP contribution >= 0.6 is 11.6 Å². The minimum absolute atomic E-state index is 0.409. The highest BCUT2D eigenvalue weighted by Crippen LogP contribution is 2.19. The molecule has 0 aliphatic carbocycles. The molecule has 0 aliphatic rings. The van der Waals surface area contributed by atoms with Crippen molar-refractivity contribution >= 4 is 11.6 Å². The van der Waals surface area contributed by atoms with E-state index >= 15 is 0 Å². The molecule has 0 N–H and O–H groups in total. The van der Waals surface area contributed by atoms with Gasteiger partial charge in [-0.1, -0.05) is 55.3 Å². The number of hydrogen-bond donors (Lipinski definition) is 0. The largest absolute Gasteiger partial charge is 0.249 e. The molecule has 0 bridgehead atoms. The molecule has 2 aromatic rings. The second kappa shape index (κ2) is 4.92. The summed E-state index contributed by atoms with van der Waals surface area (Å²) in [5, 5.41) is 5.21. The molecule has 0 saturated heterocycles. The van der Waals surface area contributed by atoms with Crippen molar-refractivity contribution in [2.75, 3.05) is 0 Å². The lowest BCUT2D eigenvalue weighted by molar-refractivity contribution is 0.658. The van der Waals surface area contributed by atoms with Crippen LogP contribution in [0.1, 0.15) is 36.6 Å². The first-order valence-corrected chi connectivity index (χ1v) is 6.23. The van der Waals surface area contributed by atoms with E-state index in [4.69, 9.17) is 11.6 Å². The number of rotatable bonds is 3. The van der Waals surface area contributed by atoms with Gasteiger partial charge in [-0.05, 0) is 24.5 Å². The molecule has 0 aliphatic heterocycles. The number of aryl methyl sites for hydroxylation is 1. The first kappa shape index (κ1) is 12.2. The van der Waals surface area contributed by atoms with Crippen LogP contribution in [-0.4, -0.2) is 9.78 Å². The number of aromatic nitrogens is 2. The van der Waals surface area contributed by atoms with E-state index in [9.17, 15) is 0 Å². The molecule has 1 heterocycles. The van der Waals surface area contributed by atoms with Crippen molar-refractivity contribution < 1.29 is 0 Å². The molecule has 0 radical (unpaired) electrons. The van der Waals surface area contributed by atoms with Gasteiger partial charge in [0.1, 0.15) is 5.15 Å². The first-order valence-electron chi connectivity index (χ1n) is 5.85. The maximum absolute atomic E-state index is 6.17. The van der Waals surface area contributed by atoms with Crippen LogP contribution in [-0.2, 0) is 6.54 Å². The molecular formula is C14H17ClN2. The Morgan fingerprint density at radius 1 is 1.24 bits per heavy atom. The molecule has 1 aromatic carbocycles. The lowest BCUT2D eigenvalue weighted by Gasteiger charge is -2.04. The average molecular weight is 249 g/mol. The summed E-state index contributed by atoms with van der Waals surface area (Å²) in [5.41, 5.74) is 3.53. The summed E-state index contributed by atoms with van der Waals surface area (Å²) in [7, 11) is 0. The summed E-state index contributed by atoms with van der Waals surface area (Å²) in [6, 6.07) is 10.4. The Balaban J connectivity index is 2.21. The molecule has 90 valence electrons. The van der Waals surface area contributed by atoms with Crippen molar-refractivity contribution in [3.8, 4) is 0 Å². The van der Waals surface area contributed by atoms with E-state index in [-0.39, 0.29) is 0 Å². The summed E-state index contributed by atoms with van der Waals surface area (Å²) < 4.78 is 1.85. The maximum Gasteiger partial charge on any atom is 0.127 e. The Labute approximate surface area is 107 Å². The fraction of sp³-hybridized carbons (Fsp3) is 0.357. The lowest BCUT2D eigenvalue weighted by atomic mass is 10.1. The van der Waals surface area contributed by atoms with Gasteiger partial charge in [0, 0.05) is 0 Å². The van der Waals surface area contributed by atoms with E-state index in [0.717, 1.165) is 12.2 Å². The van der Waals surface area contributed by atoms with E-state index in [1.807, 2.05) is 10.7 Å². The second-order valence-corrected chi connectivity index (χ2v) is 5.08. The van der Waals surface area contributed by atoms with E-state index in [1.165, 1.54) is 11.1 Å². The minimum Gasteiger partial charge on any atom is -0.249 e. The average Bonchev–Trinajstić information content (AvgIpc) is 2.64. The normalized spacial score (nSPS) is 11.1. The van der Waals surface area contributed by atoms with Crippen molar-refractivity contribution in [3.63, 3.8) is 0 Å². The zero-order chi connectivity index (χ0) is 12.4. The fourth-order valence-corrected chi connectivity index (χ4v) is 1.88. The molecule has 1 aromatic heterocycles. The van der Waals surface area contributed by atoms with Gasteiger partial charge < -0.3 is 0 Å². The smallest absolute Gasteiger partial charge is 0.127 e. The molecule has 0 spiro atoms. The molecule has 3 heteroatoms. The van der Waals surface area contributed by atoms with Crippen molar-refractivity contribution in [2.45, 2.75) is 33.2 Å². The van der Waals surface area contributed by atoms with Crippen LogP contribution < -0.4 is 0 Å². The zero-order valence-electron chi connectivity index (χ0n) is 10.4. The number of hydrogen-bond acceptors (Lipinski definition) is 1. The van der Waals surface area contributed by atoms with Crippen molar-refractivity contribution in [3.05, 3.63) is 52.3 Å². The molecule has 0 fully saturated rings. The molecule has 17 heavy (non-hydrogen) atoms. The van der Waals surface area contributed by atoms with Gasteiger partial charge in [-0.2, -0.15) is 5.10 Å². The van der Waals surface area contributed by atoms with Gasteiger partial charge in [-0.3, -0.25) is 0 Å². The molecule has 0 saturated carbocycles. The van der Waals surface area contributed by atoms with Gasteiger partial charge in [0.15, 0.2) is 0 Å². The Morgan fingerprint density at radius 3 is 2.41 bits per heavy atom. The summed E-state index contributed by atoms with van der Waals surface area (Å²) in [5.74, 6) is 0.409. The van der Waals surface area contributed by atoms with Crippen LogP contribution in [0.4, 0.5) is 0 Å². The number of benzene rings is 1. The lowest BCUT2D eigenvalue weighted by Crippen LogP contribution is -2.03. The number of nitrogens with zero attached hydrogens (tertiary/aromatic N) is 2. The van der Waals surface area contributed by atoms with E-state index < -0.39 is 0 Å². The highest BCUT2D eigenvalue weighted by molar-refractivity contribution is 6.29. The van der Waals surface area contributed by atoms with Crippen LogP contribution in [0, 0.1) is 6.92 Å². The monoisotopic (exact) mass is 248 g/mol. The van der Waals surface area contributed by atoms with Crippen LogP contribution in [0.5, 0.6) is 0 Å². The highest BCUT2D eigenvalue weighted by atomic mass is 35.5. The Kier molecular flexibility index (Phi) is 3.53. The second-order valence-electron chi connectivity index (χ2n) is 4.69. The number of halogens is 1. The molecule has 0 unspecified atom stereocenters. The minimum atomic E-state index is 0.409. The van der Waals surface area contributed by atoms with Gasteiger partial charge in [0.2, 0.25) is 0 Å². The summed E-state index contributed by atoms with van der Waals surface area (Å²) in [6.07, 6.45) is 0. The zero-order valence-corrected chi connectivity index (χ0v) is 11.2. The topological polar surface area (TPSA) is 17.8 Å². The fourth-order valence-electron chi connectivity index (χ4n) is 1.67. The standard InChI is InChI=1S/C14H17ClN2/c1-10(2)13-8-14(15)17(16-13)9-12-6-4-11(3)5-7-12/h4-8,10H,9H2,1-3H3. The first-order chi connectivity index (χ1) is 8.06. The van der Waals surface area contributed by atoms with Gasteiger partial charge >= 0.3 is 0 Å². The highest BCUT2D eigenvalue weighted by Gasteiger charge is 2.08. The maximum atomic E-state index is 6.17. The van der Waals surface area contributed by atoms with Gasteiger partial charge in [-0.15, -0.1) is 0 Å². The van der Waals surface area contributed by atoms with E-state index in [0.29, 0.717) is 11.1 Å². The van der Waals surface area contributed by atoms with E-state index in [1.54, 1.807) is 0 Å². The summed E-state index contributed by atoms with van der Waals surface area (Å²) >= 11 is 6.17. The van der Waals surface area contributed by atoms with E-state index in [2.05, 4.69) is 50.1 Å². The summed E-state index contributed by atoms with van der Waals surface area (Å²) in [6.45, 7) is 7.05. The Hall–Kier alpha value is -1.28. The summed E-state index contributed by atoms with van der Waals surface area (Å²) in [4.78, 5) is 0. The molecule has 0 atom stereocenters. The van der Waals surface area contributed by atoms with Crippen LogP contribution in [0.2, 0.25) is 5.15 Å². The third-order valence-electron chi connectivity index (χ3n) is 2.79. The third kappa shape index (κ3) is 2.89. The molecule has 2 rings (SSSR count). The van der Waals surface area contributed by atoms with Gasteiger partial charge in [-0.25, -0.2) is 4.68 Å². The molecular weight excluding hydrogens is 232 g/mol. The van der Waals surface area contributed by atoms with Gasteiger partial charge in [0.05, 0.1) is 12.2 Å². The predicted octanol–water partition coefficient (Wildman–Crippen LogP) is 4.02. The predicted molar refractivity (Wildman–Crippen MR) is 71.6 cm³/mol. The third-order valence-corrected chi connectivity index (χ3v) is 3.10. The van der Waals surface area contributed by atoms with Gasteiger partial charge in [0.25, 0.3) is 0 Å². The molecule has 0 amide bonds. The SMILES string of the molecule is Cc1ccc(Cn2nc(C(C)C)cc2Cl)cc1.